The van der Waals surface area contributed by atoms with Crippen LogP contribution in [-0.4, -0.2) is 56.6 Å². The van der Waals surface area contributed by atoms with Crippen molar-refractivity contribution < 1.29 is 9.90 Å². The minimum atomic E-state index is -0.826. The van der Waals surface area contributed by atoms with Crippen LogP contribution in [0, 0.1) is 0 Å². The number of pyridine rings is 1. The molecule has 0 aliphatic carbocycles. The summed E-state index contributed by atoms with van der Waals surface area (Å²) in [7, 11) is 2.04. The molecule has 1 fully saturated rings. The molecule has 2 aromatic rings. The van der Waals surface area contributed by atoms with E-state index in [-0.39, 0.29) is 6.04 Å². The standard InChI is InChI=1S/C19H25N5O2/c1-3-14-11-21-19(22-12-14)24-8-6-16(9-17(24)18(25)26)23(2)13-15-5-4-7-20-10-15/h4-5,7,10-12,16-17H,3,6,8-9,13H2,1-2H3,(H,25,26). The lowest BCUT2D eigenvalue weighted by molar-refractivity contribution is -0.139. The quantitative estimate of drug-likeness (QED) is 0.848. The highest BCUT2D eigenvalue weighted by Crippen LogP contribution is 2.25. The first-order chi connectivity index (χ1) is 12.6. The Bertz CT molecular complexity index is 722. The van der Waals surface area contributed by atoms with E-state index < -0.39 is 12.0 Å². The van der Waals surface area contributed by atoms with Crippen LogP contribution in [0.25, 0.3) is 0 Å². The van der Waals surface area contributed by atoms with Crippen LogP contribution >= 0.6 is 0 Å². The Balaban J connectivity index is 1.70. The second-order valence-corrected chi connectivity index (χ2v) is 6.75. The maximum absolute atomic E-state index is 11.9. The van der Waals surface area contributed by atoms with Crippen molar-refractivity contribution in [1.29, 1.82) is 0 Å². The zero-order valence-corrected chi connectivity index (χ0v) is 15.2. The van der Waals surface area contributed by atoms with E-state index in [2.05, 4.69) is 19.9 Å². The zero-order chi connectivity index (χ0) is 18.5. The van der Waals surface area contributed by atoms with Crippen molar-refractivity contribution in [3.63, 3.8) is 0 Å². The van der Waals surface area contributed by atoms with Gasteiger partial charge in [-0.1, -0.05) is 13.0 Å². The smallest absolute Gasteiger partial charge is 0.326 e. The van der Waals surface area contributed by atoms with E-state index in [1.807, 2.05) is 37.2 Å². The molecule has 0 spiro atoms. The fourth-order valence-electron chi connectivity index (χ4n) is 3.41. The van der Waals surface area contributed by atoms with Crippen LogP contribution in [0.15, 0.2) is 36.9 Å². The number of aryl methyl sites for hydroxylation is 1. The molecule has 2 atom stereocenters. The summed E-state index contributed by atoms with van der Waals surface area (Å²) in [5.41, 5.74) is 2.18. The molecular formula is C19H25N5O2. The van der Waals surface area contributed by atoms with Gasteiger partial charge in [0.25, 0.3) is 0 Å². The summed E-state index contributed by atoms with van der Waals surface area (Å²) < 4.78 is 0. The third-order valence-electron chi connectivity index (χ3n) is 4.99. The summed E-state index contributed by atoms with van der Waals surface area (Å²) in [6.07, 6.45) is 9.45. The Morgan fingerprint density at radius 1 is 1.31 bits per heavy atom. The van der Waals surface area contributed by atoms with Gasteiger partial charge < -0.3 is 10.0 Å². The lowest BCUT2D eigenvalue weighted by Crippen LogP contribution is -2.53. The van der Waals surface area contributed by atoms with Crippen LogP contribution in [0.5, 0.6) is 0 Å². The number of carboxylic acids is 1. The van der Waals surface area contributed by atoms with Gasteiger partial charge >= 0.3 is 5.97 Å². The Labute approximate surface area is 153 Å². The van der Waals surface area contributed by atoms with Crippen molar-refractivity contribution in [2.75, 3.05) is 18.5 Å². The molecule has 1 aliphatic heterocycles. The lowest BCUT2D eigenvalue weighted by atomic mass is 9.96. The summed E-state index contributed by atoms with van der Waals surface area (Å²) in [4.78, 5) is 28.8. The van der Waals surface area contributed by atoms with Gasteiger partial charge in [-0.15, -0.1) is 0 Å². The van der Waals surface area contributed by atoms with Gasteiger partial charge in [-0.05, 0) is 43.5 Å². The first-order valence-electron chi connectivity index (χ1n) is 8.98. The first-order valence-corrected chi connectivity index (χ1v) is 8.98. The fourth-order valence-corrected chi connectivity index (χ4v) is 3.41. The number of rotatable bonds is 6. The van der Waals surface area contributed by atoms with Crippen molar-refractivity contribution in [2.45, 2.75) is 44.8 Å². The first kappa shape index (κ1) is 18.3. The third kappa shape index (κ3) is 4.16. The topological polar surface area (TPSA) is 82.5 Å². The Hall–Kier alpha value is -2.54. The van der Waals surface area contributed by atoms with Crippen LogP contribution in [0.3, 0.4) is 0 Å². The van der Waals surface area contributed by atoms with Gasteiger partial charge in [0.1, 0.15) is 6.04 Å². The van der Waals surface area contributed by atoms with Crippen LogP contribution in [0.4, 0.5) is 5.95 Å². The number of piperidine rings is 1. The largest absolute Gasteiger partial charge is 0.480 e. The van der Waals surface area contributed by atoms with Gasteiger partial charge in [0.05, 0.1) is 0 Å². The molecule has 1 N–H and O–H groups in total. The van der Waals surface area contributed by atoms with E-state index in [4.69, 9.17) is 0 Å². The molecule has 0 aromatic carbocycles. The summed E-state index contributed by atoms with van der Waals surface area (Å²) in [5, 5.41) is 9.73. The molecule has 1 saturated heterocycles. The molecule has 0 saturated carbocycles. The number of anilines is 1. The highest BCUT2D eigenvalue weighted by Gasteiger charge is 2.36. The van der Waals surface area contributed by atoms with Crippen LogP contribution in [-0.2, 0) is 17.8 Å². The summed E-state index contributed by atoms with van der Waals surface area (Å²) in [6, 6.07) is 3.54. The molecule has 138 valence electrons. The molecule has 3 rings (SSSR count). The van der Waals surface area contributed by atoms with Gasteiger partial charge in [0.15, 0.2) is 0 Å². The minimum Gasteiger partial charge on any atom is -0.480 e. The highest BCUT2D eigenvalue weighted by atomic mass is 16.4. The molecule has 0 amide bonds. The Kier molecular flexibility index (Phi) is 5.78. The predicted octanol–water partition coefficient (Wildman–Crippen LogP) is 1.99. The maximum atomic E-state index is 11.9. The normalized spacial score (nSPS) is 20.3. The average molecular weight is 355 g/mol. The number of hydrogen-bond acceptors (Lipinski definition) is 6. The van der Waals surface area contributed by atoms with Crippen molar-refractivity contribution >= 4 is 11.9 Å². The molecule has 0 bridgehead atoms. The molecule has 2 aromatic heterocycles. The van der Waals surface area contributed by atoms with E-state index in [9.17, 15) is 9.90 Å². The number of aromatic nitrogens is 3. The number of hydrogen-bond donors (Lipinski definition) is 1. The number of nitrogens with zero attached hydrogens (tertiary/aromatic N) is 5. The lowest BCUT2D eigenvalue weighted by Gasteiger charge is -2.40. The summed E-state index contributed by atoms with van der Waals surface area (Å²) in [6.45, 7) is 3.43. The second kappa shape index (κ2) is 8.23. The maximum Gasteiger partial charge on any atom is 0.326 e. The SMILES string of the molecule is CCc1cnc(N2CCC(N(C)Cc3cccnc3)CC2C(=O)O)nc1. The Morgan fingerprint density at radius 2 is 2.08 bits per heavy atom. The van der Waals surface area contributed by atoms with Crippen LogP contribution in [0.1, 0.15) is 30.9 Å². The van der Waals surface area contributed by atoms with Gasteiger partial charge in [-0.2, -0.15) is 0 Å². The highest BCUT2D eigenvalue weighted by molar-refractivity contribution is 5.77. The fraction of sp³-hybridized carbons (Fsp3) is 0.474. The minimum absolute atomic E-state index is 0.197. The monoisotopic (exact) mass is 355 g/mol. The number of carbonyl (C=O) groups is 1. The number of aliphatic carboxylic acids is 1. The molecule has 0 radical (unpaired) electrons. The molecule has 1 aliphatic rings. The number of carboxylic acid groups (broad SMARTS) is 1. The van der Waals surface area contributed by atoms with Gasteiger partial charge in [0.2, 0.25) is 5.95 Å². The van der Waals surface area contributed by atoms with E-state index >= 15 is 0 Å². The van der Waals surface area contributed by atoms with Gasteiger partial charge in [-0.25, -0.2) is 14.8 Å². The van der Waals surface area contributed by atoms with Crippen LogP contribution in [0.2, 0.25) is 0 Å². The second-order valence-electron chi connectivity index (χ2n) is 6.75. The van der Waals surface area contributed by atoms with Gasteiger partial charge in [-0.3, -0.25) is 9.88 Å². The zero-order valence-electron chi connectivity index (χ0n) is 15.2. The van der Waals surface area contributed by atoms with Crippen molar-refractivity contribution in [3.05, 3.63) is 48.0 Å². The Morgan fingerprint density at radius 3 is 2.69 bits per heavy atom. The molecule has 3 heterocycles. The molecule has 26 heavy (non-hydrogen) atoms. The van der Waals surface area contributed by atoms with Crippen molar-refractivity contribution in [1.82, 2.24) is 19.9 Å². The average Bonchev–Trinajstić information content (AvgIpc) is 2.68. The van der Waals surface area contributed by atoms with E-state index in [0.717, 1.165) is 30.5 Å². The molecule has 2 unspecified atom stereocenters. The van der Waals surface area contributed by atoms with Crippen molar-refractivity contribution in [3.8, 4) is 0 Å². The predicted molar refractivity (Wildman–Crippen MR) is 98.9 cm³/mol. The van der Waals surface area contributed by atoms with E-state index in [1.165, 1.54) is 0 Å². The summed E-state index contributed by atoms with van der Waals surface area (Å²) >= 11 is 0. The van der Waals surface area contributed by atoms with Gasteiger partial charge in [0, 0.05) is 43.9 Å². The van der Waals surface area contributed by atoms with Crippen LogP contribution < -0.4 is 4.90 Å². The van der Waals surface area contributed by atoms with E-state index in [1.54, 1.807) is 18.6 Å². The summed E-state index contributed by atoms with van der Waals surface area (Å²) in [5.74, 6) is -0.324. The molecule has 7 heteroatoms. The molecular weight excluding hydrogens is 330 g/mol. The van der Waals surface area contributed by atoms with Crippen molar-refractivity contribution in [2.24, 2.45) is 0 Å². The van der Waals surface area contributed by atoms with E-state index in [0.29, 0.717) is 18.9 Å². The molecule has 7 nitrogen and oxygen atoms in total. The third-order valence-corrected chi connectivity index (χ3v) is 4.99.